The summed E-state index contributed by atoms with van der Waals surface area (Å²) < 4.78 is 0. The van der Waals surface area contributed by atoms with Gasteiger partial charge in [0.05, 0.1) is 5.25 Å². The van der Waals surface area contributed by atoms with Crippen LogP contribution < -0.4 is 5.32 Å². The van der Waals surface area contributed by atoms with Gasteiger partial charge in [0.1, 0.15) is 16.2 Å². The van der Waals surface area contributed by atoms with Gasteiger partial charge in [-0.2, -0.15) is 0 Å². The van der Waals surface area contributed by atoms with Crippen LogP contribution in [0.15, 0.2) is 11.4 Å². The van der Waals surface area contributed by atoms with E-state index in [2.05, 4.69) is 29.1 Å². The number of thiophene rings is 1. The van der Waals surface area contributed by atoms with Gasteiger partial charge in [-0.25, -0.2) is 9.97 Å². The molecular weight excluding hydrogens is 290 g/mol. The number of aromatic nitrogens is 2. The van der Waals surface area contributed by atoms with E-state index in [0.717, 1.165) is 28.1 Å². The van der Waals surface area contributed by atoms with Crippen molar-refractivity contribution in [2.75, 3.05) is 0 Å². The third-order valence-electron chi connectivity index (χ3n) is 3.51. The molecule has 6 heteroatoms. The molecule has 0 saturated heterocycles. The van der Waals surface area contributed by atoms with Gasteiger partial charge in [0.15, 0.2) is 0 Å². The van der Waals surface area contributed by atoms with Crippen molar-refractivity contribution < 1.29 is 4.79 Å². The van der Waals surface area contributed by atoms with Gasteiger partial charge < -0.3 is 5.32 Å². The molecule has 1 fully saturated rings. The number of nitrogens with one attached hydrogen (secondary N) is 1. The molecule has 0 unspecified atom stereocenters. The third kappa shape index (κ3) is 2.67. The van der Waals surface area contributed by atoms with Crippen molar-refractivity contribution in [1.29, 1.82) is 0 Å². The van der Waals surface area contributed by atoms with E-state index in [1.165, 1.54) is 22.2 Å². The number of carbonyl (C=O) groups excluding carboxylic acids is 1. The number of hydrogen-bond acceptors (Lipinski definition) is 5. The first-order valence-corrected chi connectivity index (χ1v) is 8.43. The van der Waals surface area contributed by atoms with E-state index in [1.807, 2.05) is 6.92 Å². The van der Waals surface area contributed by atoms with Crippen molar-refractivity contribution in [2.24, 2.45) is 0 Å². The van der Waals surface area contributed by atoms with Crippen LogP contribution in [-0.4, -0.2) is 27.2 Å². The Balaban J connectivity index is 1.84. The predicted octanol–water partition coefficient (Wildman–Crippen LogP) is 3.07. The molecule has 0 spiro atoms. The molecule has 1 N–H and O–H groups in total. The molecule has 0 aliphatic heterocycles. The van der Waals surface area contributed by atoms with E-state index >= 15 is 0 Å². The van der Waals surface area contributed by atoms with Crippen molar-refractivity contribution >= 4 is 39.2 Å². The second-order valence-corrected chi connectivity index (χ2v) is 7.72. The number of rotatable bonds is 4. The highest BCUT2D eigenvalue weighted by Gasteiger charge is 2.26. The van der Waals surface area contributed by atoms with E-state index in [0.29, 0.717) is 6.04 Å². The average molecular weight is 307 g/mol. The molecule has 106 valence electrons. The Morgan fingerprint density at radius 1 is 1.45 bits per heavy atom. The zero-order valence-corrected chi connectivity index (χ0v) is 13.4. The van der Waals surface area contributed by atoms with Gasteiger partial charge in [0, 0.05) is 16.3 Å². The van der Waals surface area contributed by atoms with Crippen LogP contribution in [0.4, 0.5) is 0 Å². The van der Waals surface area contributed by atoms with Crippen LogP contribution in [0.3, 0.4) is 0 Å². The molecule has 4 nitrogen and oxygen atoms in total. The fraction of sp³-hybridized carbons (Fsp3) is 0.500. The van der Waals surface area contributed by atoms with Crippen LogP contribution in [0.25, 0.3) is 10.2 Å². The van der Waals surface area contributed by atoms with Crippen LogP contribution in [0.5, 0.6) is 0 Å². The highest BCUT2D eigenvalue weighted by atomic mass is 32.2. The SMILES string of the molecule is Cc1sc2ncnc(S[C@H](C)C(=O)NC3CC3)c2c1C. The van der Waals surface area contributed by atoms with Gasteiger partial charge in [-0.15, -0.1) is 11.3 Å². The minimum Gasteiger partial charge on any atom is -0.352 e. The molecule has 3 rings (SSSR count). The monoisotopic (exact) mass is 307 g/mol. The first-order chi connectivity index (χ1) is 9.56. The highest BCUT2D eigenvalue weighted by molar-refractivity contribution is 8.00. The molecule has 1 amide bonds. The van der Waals surface area contributed by atoms with Crippen molar-refractivity contribution in [1.82, 2.24) is 15.3 Å². The molecule has 0 bridgehead atoms. The lowest BCUT2D eigenvalue weighted by Crippen LogP contribution is -2.32. The third-order valence-corrected chi connectivity index (χ3v) is 5.73. The Morgan fingerprint density at radius 3 is 2.90 bits per heavy atom. The second kappa shape index (κ2) is 5.33. The number of carbonyl (C=O) groups is 1. The largest absolute Gasteiger partial charge is 0.352 e. The summed E-state index contributed by atoms with van der Waals surface area (Å²) >= 11 is 3.21. The van der Waals surface area contributed by atoms with E-state index in [1.54, 1.807) is 17.7 Å². The average Bonchev–Trinajstić information content (AvgIpc) is 3.17. The van der Waals surface area contributed by atoms with E-state index in [9.17, 15) is 4.79 Å². The lowest BCUT2D eigenvalue weighted by Gasteiger charge is -2.11. The molecule has 2 aromatic heterocycles. The Labute approximate surface area is 126 Å². The fourth-order valence-electron chi connectivity index (χ4n) is 2.01. The molecule has 1 atom stereocenters. The molecular formula is C14H17N3OS2. The molecule has 20 heavy (non-hydrogen) atoms. The molecule has 1 aliphatic carbocycles. The number of nitrogens with zero attached hydrogens (tertiary/aromatic N) is 2. The first-order valence-electron chi connectivity index (χ1n) is 6.74. The summed E-state index contributed by atoms with van der Waals surface area (Å²) in [4.78, 5) is 23.0. The van der Waals surface area contributed by atoms with Crippen LogP contribution in [-0.2, 0) is 4.79 Å². The summed E-state index contributed by atoms with van der Waals surface area (Å²) in [6, 6.07) is 0.404. The van der Waals surface area contributed by atoms with E-state index < -0.39 is 0 Å². The normalized spacial score (nSPS) is 16.4. The van der Waals surface area contributed by atoms with Gasteiger partial charge in [0.25, 0.3) is 0 Å². The van der Waals surface area contributed by atoms with Gasteiger partial charge in [-0.3, -0.25) is 4.79 Å². The van der Waals surface area contributed by atoms with E-state index in [4.69, 9.17) is 0 Å². The standard InChI is InChI=1S/C14H17N3OS2/c1-7-8(2)19-13-11(7)14(16-6-15-13)20-9(3)12(18)17-10-4-5-10/h6,9-10H,4-5H2,1-3H3,(H,17,18)/t9-/m1/s1. The maximum atomic E-state index is 12.1. The minimum atomic E-state index is -0.131. The topological polar surface area (TPSA) is 54.9 Å². The van der Waals surface area contributed by atoms with Crippen LogP contribution in [0.1, 0.15) is 30.2 Å². The maximum Gasteiger partial charge on any atom is 0.233 e. The number of fused-ring (bicyclic) bond motifs is 1. The molecule has 2 aromatic rings. The van der Waals surface area contributed by atoms with Crippen LogP contribution in [0.2, 0.25) is 0 Å². The quantitative estimate of drug-likeness (QED) is 0.697. The molecule has 0 aromatic carbocycles. The van der Waals surface area contributed by atoms with E-state index in [-0.39, 0.29) is 11.2 Å². The summed E-state index contributed by atoms with van der Waals surface area (Å²) in [5, 5.41) is 4.93. The lowest BCUT2D eigenvalue weighted by atomic mass is 10.2. The molecule has 2 heterocycles. The Kier molecular flexibility index (Phi) is 3.69. The minimum absolute atomic E-state index is 0.105. The smallest absolute Gasteiger partial charge is 0.233 e. The summed E-state index contributed by atoms with van der Waals surface area (Å²) in [6.45, 7) is 6.13. The van der Waals surface area contributed by atoms with Gasteiger partial charge >= 0.3 is 0 Å². The molecule has 1 saturated carbocycles. The second-order valence-electron chi connectivity index (χ2n) is 5.19. The summed E-state index contributed by atoms with van der Waals surface area (Å²) in [7, 11) is 0. The lowest BCUT2D eigenvalue weighted by molar-refractivity contribution is -0.120. The van der Waals surface area contributed by atoms with Crippen LogP contribution >= 0.6 is 23.1 Å². The zero-order valence-electron chi connectivity index (χ0n) is 11.8. The van der Waals surface area contributed by atoms with Crippen molar-refractivity contribution in [3.8, 4) is 0 Å². The van der Waals surface area contributed by atoms with Gasteiger partial charge in [0.2, 0.25) is 5.91 Å². The van der Waals surface area contributed by atoms with Crippen molar-refractivity contribution in [2.45, 2.75) is 49.9 Å². The zero-order chi connectivity index (χ0) is 14.3. The summed E-state index contributed by atoms with van der Waals surface area (Å²) in [5.41, 5.74) is 1.22. The van der Waals surface area contributed by atoms with Crippen molar-refractivity contribution in [3.63, 3.8) is 0 Å². The Bertz CT molecular complexity index is 664. The number of aryl methyl sites for hydroxylation is 2. The number of amides is 1. The summed E-state index contributed by atoms with van der Waals surface area (Å²) in [5.74, 6) is 0.105. The predicted molar refractivity (Wildman–Crippen MR) is 83.4 cm³/mol. The summed E-state index contributed by atoms with van der Waals surface area (Å²) in [6.07, 6.45) is 3.82. The highest BCUT2D eigenvalue weighted by Crippen LogP contribution is 2.36. The number of thioether (sulfide) groups is 1. The van der Waals surface area contributed by atoms with Crippen molar-refractivity contribution in [3.05, 3.63) is 16.8 Å². The Morgan fingerprint density at radius 2 is 2.20 bits per heavy atom. The number of hydrogen-bond donors (Lipinski definition) is 1. The molecule has 1 aliphatic rings. The Hall–Kier alpha value is -1.14. The molecule has 0 radical (unpaired) electrons. The maximum absolute atomic E-state index is 12.1. The van der Waals surface area contributed by atoms with Gasteiger partial charge in [-0.1, -0.05) is 11.8 Å². The van der Waals surface area contributed by atoms with Crippen LogP contribution in [0, 0.1) is 13.8 Å². The van der Waals surface area contributed by atoms with Gasteiger partial charge in [-0.05, 0) is 39.2 Å². The first kappa shape index (κ1) is 13.8. The fourth-order valence-corrected chi connectivity index (χ4v) is 4.05.